The lowest BCUT2D eigenvalue weighted by Crippen LogP contribution is -2.46. The summed E-state index contributed by atoms with van der Waals surface area (Å²) in [6.07, 6.45) is 5.98. The second-order valence-corrected chi connectivity index (χ2v) is 6.27. The van der Waals surface area contributed by atoms with E-state index in [0.29, 0.717) is 5.56 Å². The molecule has 0 amide bonds. The Kier molecular flexibility index (Phi) is 4.43. The van der Waals surface area contributed by atoms with Gasteiger partial charge in [-0.3, -0.25) is 0 Å². The first-order valence-corrected chi connectivity index (χ1v) is 7.32. The molecule has 2 aliphatic rings. The van der Waals surface area contributed by atoms with Crippen molar-refractivity contribution in [1.82, 2.24) is 5.32 Å². The zero-order valence-corrected chi connectivity index (χ0v) is 12.7. The molecular formula is C16H23ClFNO. The van der Waals surface area contributed by atoms with E-state index in [0.717, 1.165) is 25.7 Å². The average Bonchev–Trinajstić information content (AvgIpc) is 2.95. The van der Waals surface area contributed by atoms with Gasteiger partial charge in [0.05, 0.1) is 6.10 Å². The molecule has 2 nitrogen and oxygen atoms in total. The summed E-state index contributed by atoms with van der Waals surface area (Å²) >= 11 is 0. The van der Waals surface area contributed by atoms with E-state index in [4.69, 9.17) is 0 Å². The molecule has 0 saturated carbocycles. The minimum atomic E-state index is -0.607. The van der Waals surface area contributed by atoms with E-state index in [9.17, 15) is 9.50 Å². The molecule has 1 atom stereocenters. The molecule has 20 heavy (non-hydrogen) atoms. The Morgan fingerprint density at radius 2 is 2.00 bits per heavy atom. The molecule has 112 valence electrons. The Labute approximate surface area is 126 Å². The van der Waals surface area contributed by atoms with Gasteiger partial charge < -0.3 is 10.4 Å². The van der Waals surface area contributed by atoms with Gasteiger partial charge in [-0.05, 0) is 49.8 Å². The van der Waals surface area contributed by atoms with Crippen LogP contribution in [-0.2, 0) is 0 Å². The van der Waals surface area contributed by atoms with Crippen molar-refractivity contribution >= 4 is 12.4 Å². The normalized spacial score (nSPS) is 33.0. The van der Waals surface area contributed by atoms with Crippen molar-refractivity contribution in [2.24, 2.45) is 0 Å². The van der Waals surface area contributed by atoms with Gasteiger partial charge in [0.1, 0.15) is 5.82 Å². The van der Waals surface area contributed by atoms with Crippen LogP contribution in [0.3, 0.4) is 0 Å². The molecule has 1 aromatic rings. The summed E-state index contributed by atoms with van der Waals surface area (Å²) in [7, 11) is 0. The van der Waals surface area contributed by atoms with E-state index in [2.05, 4.69) is 12.2 Å². The summed E-state index contributed by atoms with van der Waals surface area (Å²) in [6.45, 7) is 2.21. The maximum Gasteiger partial charge on any atom is 0.123 e. The average molecular weight is 300 g/mol. The third-order valence-electron chi connectivity index (χ3n) is 5.03. The number of halogens is 2. The van der Waals surface area contributed by atoms with Crippen LogP contribution in [0, 0.1) is 5.82 Å². The zero-order valence-electron chi connectivity index (χ0n) is 11.9. The standard InChI is InChI=1S/C16H22FNO.ClH/c1-2-6-15-7-9-16(18-15,10-8-15)14(19)12-4-3-5-13(17)11-12;/h3-5,11,14,18-19H,2,6-10H2,1H3;1H/t14-,15?,16?;/m1./s1. The van der Waals surface area contributed by atoms with Gasteiger partial charge in [-0.25, -0.2) is 4.39 Å². The number of aliphatic hydroxyl groups excluding tert-OH is 1. The first-order valence-electron chi connectivity index (χ1n) is 7.32. The third-order valence-corrected chi connectivity index (χ3v) is 5.03. The highest BCUT2D eigenvalue weighted by Gasteiger charge is 2.56. The second-order valence-electron chi connectivity index (χ2n) is 6.27. The molecule has 2 N–H and O–H groups in total. The van der Waals surface area contributed by atoms with Crippen molar-refractivity contribution < 1.29 is 9.50 Å². The highest BCUT2D eigenvalue weighted by Crippen LogP contribution is 2.52. The molecule has 2 bridgehead atoms. The zero-order chi connectivity index (χ0) is 13.5. The van der Waals surface area contributed by atoms with E-state index >= 15 is 0 Å². The summed E-state index contributed by atoms with van der Waals surface area (Å²) in [6, 6.07) is 6.38. The molecule has 0 aromatic heterocycles. The van der Waals surface area contributed by atoms with Gasteiger partial charge >= 0.3 is 0 Å². The number of fused-ring (bicyclic) bond motifs is 2. The molecule has 0 unspecified atom stereocenters. The topological polar surface area (TPSA) is 32.3 Å². The lowest BCUT2D eigenvalue weighted by Gasteiger charge is -2.32. The molecule has 0 aliphatic carbocycles. The SMILES string of the molecule is CCCC12CCC([C@H](O)c3cccc(F)c3)(CC1)N2.Cl. The van der Waals surface area contributed by atoms with Crippen LogP contribution in [0.4, 0.5) is 4.39 Å². The molecule has 2 fully saturated rings. The maximum atomic E-state index is 13.3. The fourth-order valence-corrected chi connectivity index (χ4v) is 4.08. The van der Waals surface area contributed by atoms with Crippen molar-refractivity contribution in [3.05, 3.63) is 35.6 Å². The van der Waals surface area contributed by atoms with Gasteiger partial charge in [0, 0.05) is 11.1 Å². The third kappa shape index (κ3) is 2.47. The van der Waals surface area contributed by atoms with E-state index in [1.165, 1.54) is 25.0 Å². The van der Waals surface area contributed by atoms with E-state index < -0.39 is 6.10 Å². The first-order chi connectivity index (χ1) is 9.09. The van der Waals surface area contributed by atoms with Crippen LogP contribution >= 0.6 is 12.4 Å². The van der Waals surface area contributed by atoms with Crippen LogP contribution in [0.25, 0.3) is 0 Å². The van der Waals surface area contributed by atoms with Gasteiger partial charge in [-0.2, -0.15) is 0 Å². The summed E-state index contributed by atoms with van der Waals surface area (Å²) in [5, 5.41) is 14.4. The van der Waals surface area contributed by atoms with Crippen molar-refractivity contribution in [1.29, 1.82) is 0 Å². The van der Waals surface area contributed by atoms with Crippen molar-refractivity contribution in [2.45, 2.75) is 62.6 Å². The molecule has 4 heteroatoms. The van der Waals surface area contributed by atoms with E-state index in [1.54, 1.807) is 6.07 Å². The molecule has 2 heterocycles. The largest absolute Gasteiger partial charge is 0.386 e. The second kappa shape index (κ2) is 5.63. The highest BCUT2D eigenvalue weighted by atomic mass is 35.5. The number of nitrogens with one attached hydrogen (secondary N) is 1. The van der Waals surface area contributed by atoms with Crippen LogP contribution in [0.1, 0.15) is 57.1 Å². The Bertz CT molecular complexity index is 471. The quantitative estimate of drug-likeness (QED) is 0.888. The maximum absolute atomic E-state index is 13.3. The summed E-state index contributed by atoms with van der Waals surface area (Å²) in [4.78, 5) is 0. The minimum absolute atomic E-state index is 0. The van der Waals surface area contributed by atoms with E-state index in [-0.39, 0.29) is 29.3 Å². The summed E-state index contributed by atoms with van der Waals surface area (Å²) < 4.78 is 13.3. The van der Waals surface area contributed by atoms with E-state index in [1.807, 2.05) is 6.07 Å². The van der Waals surface area contributed by atoms with Crippen molar-refractivity contribution in [3.8, 4) is 0 Å². The number of aliphatic hydroxyl groups is 1. The highest BCUT2D eigenvalue weighted by molar-refractivity contribution is 5.85. The number of hydrogen-bond donors (Lipinski definition) is 2. The Hall–Kier alpha value is -0.640. The van der Waals surface area contributed by atoms with Crippen LogP contribution in [0.5, 0.6) is 0 Å². The van der Waals surface area contributed by atoms with Crippen LogP contribution in [0.15, 0.2) is 24.3 Å². The predicted octanol–water partition coefficient (Wildman–Crippen LogP) is 3.74. The van der Waals surface area contributed by atoms with Crippen LogP contribution < -0.4 is 5.32 Å². The van der Waals surface area contributed by atoms with Crippen molar-refractivity contribution in [2.75, 3.05) is 0 Å². The van der Waals surface area contributed by atoms with Gasteiger partial charge in [0.15, 0.2) is 0 Å². The molecule has 2 aliphatic heterocycles. The molecule has 1 aromatic carbocycles. The fraction of sp³-hybridized carbons (Fsp3) is 0.625. The monoisotopic (exact) mass is 299 g/mol. The minimum Gasteiger partial charge on any atom is -0.386 e. The van der Waals surface area contributed by atoms with Gasteiger partial charge in [-0.1, -0.05) is 25.5 Å². The molecule has 0 radical (unpaired) electrons. The lowest BCUT2D eigenvalue weighted by molar-refractivity contribution is 0.0733. The molecule has 2 saturated heterocycles. The molecular weight excluding hydrogens is 277 g/mol. The number of benzene rings is 1. The molecule has 3 rings (SSSR count). The van der Waals surface area contributed by atoms with Crippen molar-refractivity contribution in [3.63, 3.8) is 0 Å². The molecule has 0 spiro atoms. The number of rotatable bonds is 4. The number of hydrogen-bond acceptors (Lipinski definition) is 2. The fourth-order valence-electron chi connectivity index (χ4n) is 4.08. The van der Waals surface area contributed by atoms with Crippen LogP contribution in [0.2, 0.25) is 0 Å². The summed E-state index contributed by atoms with van der Waals surface area (Å²) in [5.74, 6) is -0.274. The Balaban J connectivity index is 0.00000147. The smallest absolute Gasteiger partial charge is 0.123 e. The lowest BCUT2D eigenvalue weighted by atomic mass is 9.76. The Morgan fingerprint density at radius 1 is 1.30 bits per heavy atom. The first kappa shape index (κ1) is 15.7. The van der Waals surface area contributed by atoms with Crippen LogP contribution in [-0.4, -0.2) is 16.2 Å². The van der Waals surface area contributed by atoms with Gasteiger partial charge in [0.25, 0.3) is 0 Å². The van der Waals surface area contributed by atoms with Gasteiger partial charge in [-0.15, -0.1) is 12.4 Å². The Morgan fingerprint density at radius 3 is 2.60 bits per heavy atom. The summed E-state index contributed by atoms with van der Waals surface area (Å²) in [5.41, 5.74) is 0.688. The predicted molar refractivity (Wildman–Crippen MR) is 80.6 cm³/mol. The van der Waals surface area contributed by atoms with Gasteiger partial charge in [0.2, 0.25) is 0 Å².